The third-order valence-corrected chi connectivity index (χ3v) is 3.40. The van der Waals surface area contributed by atoms with Gasteiger partial charge in [0, 0.05) is 11.4 Å². The summed E-state index contributed by atoms with van der Waals surface area (Å²) in [6.07, 6.45) is 3.54. The third-order valence-electron chi connectivity index (χ3n) is 2.58. The molecule has 0 bridgehead atoms. The molecule has 0 aromatic carbocycles. The Kier molecular flexibility index (Phi) is 5.26. The van der Waals surface area contributed by atoms with E-state index in [1.165, 1.54) is 23.5 Å². The maximum absolute atomic E-state index is 4.49. The second-order valence-electron chi connectivity index (χ2n) is 4.51. The van der Waals surface area contributed by atoms with Crippen molar-refractivity contribution in [3.63, 3.8) is 0 Å². The standard InChI is InChI=1S/C12H22N2S/c1-9(2)7-11(13-4)5-6-12-8-15-10(3)14-12/h8-9,11,13H,5-7H2,1-4H3. The Hall–Kier alpha value is -0.410. The highest BCUT2D eigenvalue weighted by atomic mass is 32.1. The van der Waals surface area contributed by atoms with Crippen LogP contribution in [-0.4, -0.2) is 18.1 Å². The minimum Gasteiger partial charge on any atom is -0.317 e. The molecule has 1 aromatic heterocycles. The Morgan fingerprint density at radius 1 is 1.47 bits per heavy atom. The van der Waals surface area contributed by atoms with Crippen LogP contribution in [0.5, 0.6) is 0 Å². The summed E-state index contributed by atoms with van der Waals surface area (Å²) in [4.78, 5) is 4.49. The van der Waals surface area contributed by atoms with E-state index in [-0.39, 0.29) is 0 Å². The molecule has 1 N–H and O–H groups in total. The monoisotopic (exact) mass is 226 g/mol. The number of nitrogens with one attached hydrogen (secondary N) is 1. The molecule has 0 fully saturated rings. The van der Waals surface area contributed by atoms with Crippen LogP contribution in [0.25, 0.3) is 0 Å². The summed E-state index contributed by atoms with van der Waals surface area (Å²) < 4.78 is 0. The van der Waals surface area contributed by atoms with Gasteiger partial charge in [0.2, 0.25) is 0 Å². The molecule has 86 valence electrons. The first-order valence-corrected chi connectivity index (χ1v) is 6.58. The van der Waals surface area contributed by atoms with Crippen LogP contribution in [-0.2, 0) is 6.42 Å². The van der Waals surface area contributed by atoms with Crippen LogP contribution in [0.2, 0.25) is 0 Å². The Labute approximate surface area is 97.1 Å². The van der Waals surface area contributed by atoms with Gasteiger partial charge < -0.3 is 5.32 Å². The highest BCUT2D eigenvalue weighted by Gasteiger charge is 2.09. The normalized spacial score (nSPS) is 13.4. The Bertz CT molecular complexity index is 281. The van der Waals surface area contributed by atoms with Crippen molar-refractivity contribution in [3.8, 4) is 0 Å². The average molecular weight is 226 g/mol. The van der Waals surface area contributed by atoms with Crippen LogP contribution in [0.1, 0.15) is 37.4 Å². The molecule has 15 heavy (non-hydrogen) atoms. The molecule has 1 heterocycles. The zero-order valence-corrected chi connectivity index (χ0v) is 11.0. The molecule has 0 aliphatic heterocycles. The van der Waals surface area contributed by atoms with Crippen molar-refractivity contribution in [1.29, 1.82) is 0 Å². The number of aryl methyl sites for hydroxylation is 2. The molecule has 2 nitrogen and oxygen atoms in total. The average Bonchev–Trinajstić information content (AvgIpc) is 2.58. The van der Waals surface area contributed by atoms with Gasteiger partial charge in [-0.25, -0.2) is 4.98 Å². The number of hydrogen-bond donors (Lipinski definition) is 1. The fourth-order valence-electron chi connectivity index (χ4n) is 1.79. The number of thiazole rings is 1. The summed E-state index contributed by atoms with van der Waals surface area (Å²) in [6, 6.07) is 0.631. The van der Waals surface area contributed by atoms with Crippen LogP contribution in [0.3, 0.4) is 0 Å². The maximum atomic E-state index is 4.49. The SMILES string of the molecule is CNC(CCc1csc(C)n1)CC(C)C. The summed E-state index contributed by atoms with van der Waals surface area (Å²) in [5.41, 5.74) is 1.25. The van der Waals surface area contributed by atoms with Gasteiger partial charge in [-0.3, -0.25) is 0 Å². The number of hydrogen-bond acceptors (Lipinski definition) is 3. The molecule has 3 heteroatoms. The molecular weight excluding hydrogens is 204 g/mol. The van der Waals surface area contributed by atoms with Gasteiger partial charge in [0.1, 0.15) is 0 Å². The van der Waals surface area contributed by atoms with Gasteiger partial charge in [0.15, 0.2) is 0 Å². The fourth-order valence-corrected chi connectivity index (χ4v) is 2.44. The summed E-state index contributed by atoms with van der Waals surface area (Å²) >= 11 is 1.75. The van der Waals surface area contributed by atoms with Crippen LogP contribution in [0.4, 0.5) is 0 Å². The number of nitrogens with zero attached hydrogens (tertiary/aromatic N) is 1. The van der Waals surface area contributed by atoms with Crippen LogP contribution in [0.15, 0.2) is 5.38 Å². The van der Waals surface area contributed by atoms with E-state index >= 15 is 0 Å². The molecule has 0 aliphatic rings. The molecule has 0 saturated heterocycles. The van der Waals surface area contributed by atoms with Gasteiger partial charge in [-0.1, -0.05) is 13.8 Å². The van der Waals surface area contributed by atoms with Gasteiger partial charge >= 0.3 is 0 Å². The fraction of sp³-hybridized carbons (Fsp3) is 0.750. The van der Waals surface area contributed by atoms with Gasteiger partial charge in [-0.15, -0.1) is 11.3 Å². The number of rotatable bonds is 6. The predicted molar refractivity (Wildman–Crippen MR) is 67.5 cm³/mol. The lowest BCUT2D eigenvalue weighted by Gasteiger charge is -2.17. The second-order valence-corrected chi connectivity index (χ2v) is 5.57. The van der Waals surface area contributed by atoms with E-state index in [9.17, 15) is 0 Å². The van der Waals surface area contributed by atoms with E-state index in [1.54, 1.807) is 11.3 Å². The van der Waals surface area contributed by atoms with E-state index in [0.717, 1.165) is 12.3 Å². The lowest BCUT2D eigenvalue weighted by atomic mass is 9.99. The van der Waals surface area contributed by atoms with E-state index in [1.807, 2.05) is 0 Å². The smallest absolute Gasteiger partial charge is 0.0897 e. The Balaban J connectivity index is 2.34. The van der Waals surface area contributed by atoms with Gasteiger partial charge in [-0.05, 0) is 39.2 Å². The predicted octanol–water partition coefficient (Wildman–Crippen LogP) is 3.02. The molecule has 0 amide bonds. The maximum Gasteiger partial charge on any atom is 0.0897 e. The van der Waals surface area contributed by atoms with E-state index in [2.05, 4.69) is 43.5 Å². The highest BCUT2D eigenvalue weighted by molar-refractivity contribution is 7.09. The van der Waals surface area contributed by atoms with Gasteiger partial charge in [0.25, 0.3) is 0 Å². The first-order chi connectivity index (χ1) is 7.11. The van der Waals surface area contributed by atoms with Crippen molar-refractivity contribution < 1.29 is 0 Å². The zero-order valence-electron chi connectivity index (χ0n) is 10.2. The van der Waals surface area contributed by atoms with Crippen molar-refractivity contribution in [2.75, 3.05) is 7.05 Å². The van der Waals surface area contributed by atoms with Crippen molar-refractivity contribution in [1.82, 2.24) is 10.3 Å². The van der Waals surface area contributed by atoms with Crippen LogP contribution >= 0.6 is 11.3 Å². The number of aromatic nitrogens is 1. The van der Waals surface area contributed by atoms with Crippen molar-refractivity contribution in [2.24, 2.45) is 5.92 Å². The second kappa shape index (κ2) is 6.23. The molecule has 0 aliphatic carbocycles. The molecule has 1 rings (SSSR count). The summed E-state index contributed by atoms with van der Waals surface area (Å²) in [7, 11) is 2.05. The molecular formula is C12H22N2S. The quantitative estimate of drug-likeness (QED) is 0.806. The van der Waals surface area contributed by atoms with Crippen molar-refractivity contribution >= 4 is 11.3 Å². The Morgan fingerprint density at radius 2 is 2.20 bits per heavy atom. The van der Waals surface area contributed by atoms with E-state index in [0.29, 0.717) is 6.04 Å². The molecule has 1 atom stereocenters. The molecule has 1 aromatic rings. The molecule has 0 saturated carbocycles. The lowest BCUT2D eigenvalue weighted by molar-refractivity contribution is 0.421. The van der Waals surface area contributed by atoms with Gasteiger partial charge in [0.05, 0.1) is 10.7 Å². The lowest BCUT2D eigenvalue weighted by Crippen LogP contribution is -2.27. The topological polar surface area (TPSA) is 24.9 Å². The minimum atomic E-state index is 0.631. The molecule has 1 unspecified atom stereocenters. The summed E-state index contributed by atoms with van der Waals surface area (Å²) in [5, 5.41) is 6.74. The first-order valence-electron chi connectivity index (χ1n) is 5.70. The van der Waals surface area contributed by atoms with Crippen LogP contribution in [0, 0.1) is 12.8 Å². The largest absolute Gasteiger partial charge is 0.317 e. The first kappa shape index (κ1) is 12.7. The molecule has 0 spiro atoms. The van der Waals surface area contributed by atoms with Crippen molar-refractivity contribution in [3.05, 3.63) is 16.1 Å². The Morgan fingerprint density at radius 3 is 2.67 bits per heavy atom. The van der Waals surface area contributed by atoms with Crippen molar-refractivity contribution in [2.45, 2.75) is 46.1 Å². The van der Waals surface area contributed by atoms with Crippen LogP contribution < -0.4 is 5.32 Å². The zero-order chi connectivity index (χ0) is 11.3. The molecule has 0 radical (unpaired) electrons. The highest BCUT2D eigenvalue weighted by Crippen LogP contribution is 2.13. The van der Waals surface area contributed by atoms with E-state index in [4.69, 9.17) is 0 Å². The van der Waals surface area contributed by atoms with E-state index < -0.39 is 0 Å². The summed E-state index contributed by atoms with van der Waals surface area (Å²) in [5.74, 6) is 0.764. The van der Waals surface area contributed by atoms with Gasteiger partial charge in [-0.2, -0.15) is 0 Å². The minimum absolute atomic E-state index is 0.631. The third kappa shape index (κ3) is 4.76. The summed E-state index contributed by atoms with van der Waals surface area (Å²) in [6.45, 7) is 6.62.